The maximum atomic E-state index is 11.5. The predicted molar refractivity (Wildman–Crippen MR) is 58.8 cm³/mol. The third-order valence-corrected chi connectivity index (χ3v) is 2.99. The predicted octanol–water partition coefficient (Wildman–Crippen LogP) is 2.04. The summed E-state index contributed by atoms with van der Waals surface area (Å²) in [6.07, 6.45) is 1.64. The van der Waals surface area contributed by atoms with Crippen molar-refractivity contribution in [2.75, 3.05) is 11.1 Å². The van der Waals surface area contributed by atoms with Gasteiger partial charge >= 0.3 is 0 Å². The number of carbonyl (C=O) groups is 1. The Morgan fingerprint density at radius 1 is 1.50 bits per heavy atom. The Labute approximate surface area is 88.4 Å². The number of nitrogens with zero attached hydrogens (tertiary/aromatic N) is 1. The summed E-state index contributed by atoms with van der Waals surface area (Å²) < 4.78 is 0. The van der Waals surface area contributed by atoms with E-state index < -0.39 is 0 Å². The fourth-order valence-corrected chi connectivity index (χ4v) is 2.08. The standard InChI is InChI=1S/C8H7N3OS2/c9-6-3-5(4-14-6)7(12)11-8-10-1-2-13-8/h1-4H,9H2,(H,10,11,12). The molecule has 1 amide bonds. The number of nitrogens with one attached hydrogen (secondary N) is 1. The van der Waals surface area contributed by atoms with E-state index in [9.17, 15) is 4.79 Å². The van der Waals surface area contributed by atoms with Crippen LogP contribution in [0.4, 0.5) is 10.1 Å². The number of hydrogen-bond acceptors (Lipinski definition) is 5. The van der Waals surface area contributed by atoms with Crippen molar-refractivity contribution in [1.29, 1.82) is 0 Å². The van der Waals surface area contributed by atoms with Crippen LogP contribution in [0.3, 0.4) is 0 Å². The Bertz CT molecular complexity index is 435. The van der Waals surface area contributed by atoms with Crippen LogP contribution in [0.2, 0.25) is 0 Å². The molecule has 0 aromatic carbocycles. The van der Waals surface area contributed by atoms with Gasteiger partial charge in [0.2, 0.25) is 0 Å². The average Bonchev–Trinajstić information content (AvgIpc) is 2.75. The molecular formula is C8H7N3OS2. The highest BCUT2D eigenvalue weighted by molar-refractivity contribution is 7.14. The quantitative estimate of drug-likeness (QED) is 0.821. The minimum Gasteiger partial charge on any atom is -0.391 e. The van der Waals surface area contributed by atoms with Crippen molar-refractivity contribution in [2.45, 2.75) is 0 Å². The van der Waals surface area contributed by atoms with Crippen LogP contribution >= 0.6 is 22.7 Å². The highest BCUT2D eigenvalue weighted by atomic mass is 32.1. The highest BCUT2D eigenvalue weighted by Crippen LogP contribution is 2.18. The van der Waals surface area contributed by atoms with Gasteiger partial charge in [-0.3, -0.25) is 10.1 Å². The summed E-state index contributed by atoms with van der Waals surface area (Å²) in [7, 11) is 0. The lowest BCUT2D eigenvalue weighted by molar-refractivity contribution is 0.102. The van der Waals surface area contributed by atoms with Crippen molar-refractivity contribution >= 4 is 38.7 Å². The molecule has 0 unspecified atom stereocenters. The van der Waals surface area contributed by atoms with Crippen molar-refractivity contribution in [1.82, 2.24) is 4.98 Å². The third-order valence-electron chi connectivity index (χ3n) is 1.53. The molecule has 2 rings (SSSR count). The molecule has 0 aliphatic rings. The van der Waals surface area contributed by atoms with Gasteiger partial charge in [-0.25, -0.2) is 4.98 Å². The number of amides is 1. The molecule has 2 heterocycles. The number of hydrogen-bond donors (Lipinski definition) is 2. The molecule has 0 atom stereocenters. The molecular weight excluding hydrogens is 218 g/mol. The van der Waals surface area contributed by atoms with Crippen LogP contribution in [-0.4, -0.2) is 10.9 Å². The zero-order valence-electron chi connectivity index (χ0n) is 7.06. The Hall–Kier alpha value is -1.40. The molecule has 0 spiro atoms. The van der Waals surface area contributed by atoms with E-state index >= 15 is 0 Å². The van der Waals surface area contributed by atoms with E-state index in [-0.39, 0.29) is 5.91 Å². The zero-order chi connectivity index (χ0) is 9.97. The van der Waals surface area contributed by atoms with Crippen LogP contribution in [0.5, 0.6) is 0 Å². The molecule has 72 valence electrons. The van der Waals surface area contributed by atoms with Crippen molar-refractivity contribution in [2.24, 2.45) is 0 Å². The number of thiophene rings is 1. The van der Waals surface area contributed by atoms with Gasteiger partial charge in [0.05, 0.1) is 10.6 Å². The fraction of sp³-hybridized carbons (Fsp3) is 0. The molecule has 2 aromatic heterocycles. The van der Waals surface area contributed by atoms with Crippen LogP contribution in [0.25, 0.3) is 0 Å². The first kappa shape index (κ1) is 9.17. The zero-order valence-corrected chi connectivity index (χ0v) is 8.69. The average molecular weight is 225 g/mol. The van der Waals surface area contributed by atoms with E-state index in [2.05, 4.69) is 10.3 Å². The van der Waals surface area contributed by atoms with Crippen LogP contribution in [-0.2, 0) is 0 Å². The lowest BCUT2D eigenvalue weighted by Crippen LogP contribution is -2.10. The third kappa shape index (κ3) is 1.91. The first-order valence-electron chi connectivity index (χ1n) is 3.80. The summed E-state index contributed by atoms with van der Waals surface area (Å²) in [5.74, 6) is -0.173. The summed E-state index contributed by atoms with van der Waals surface area (Å²) in [6.45, 7) is 0. The largest absolute Gasteiger partial charge is 0.391 e. The number of rotatable bonds is 2. The van der Waals surface area contributed by atoms with Crippen molar-refractivity contribution < 1.29 is 4.79 Å². The van der Waals surface area contributed by atoms with Gasteiger partial charge < -0.3 is 5.73 Å². The minimum atomic E-state index is -0.173. The van der Waals surface area contributed by atoms with E-state index in [1.54, 1.807) is 23.0 Å². The Morgan fingerprint density at radius 3 is 2.93 bits per heavy atom. The number of aromatic nitrogens is 1. The van der Waals surface area contributed by atoms with Gasteiger partial charge in [0, 0.05) is 17.0 Å². The van der Waals surface area contributed by atoms with E-state index in [0.29, 0.717) is 15.7 Å². The van der Waals surface area contributed by atoms with Crippen LogP contribution in [0, 0.1) is 0 Å². The van der Waals surface area contributed by atoms with Gasteiger partial charge in [0.25, 0.3) is 5.91 Å². The normalized spacial score (nSPS) is 10.0. The SMILES string of the molecule is Nc1cc(C(=O)Nc2nccs2)cs1. The molecule has 0 aliphatic carbocycles. The molecule has 0 saturated carbocycles. The van der Waals surface area contributed by atoms with E-state index in [1.807, 2.05) is 0 Å². The smallest absolute Gasteiger partial charge is 0.258 e. The molecule has 0 saturated heterocycles. The Balaban J connectivity index is 2.10. The number of nitrogen functional groups attached to an aromatic ring is 1. The molecule has 4 nitrogen and oxygen atoms in total. The molecule has 0 aliphatic heterocycles. The van der Waals surface area contributed by atoms with Crippen LogP contribution < -0.4 is 11.1 Å². The molecule has 0 fully saturated rings. The summed E-state index contributed by atoms with van der Waals surface area (Å²) in [6, 6.07) is 1.65. The van der Waals surface area contributed by atoms with E-state index in [0.717, 1.165) is 0 Å². The molecule has 0 radical (unpaired) electrons. The number of nitrogens with two attached hydrogens (primary N) is 1. The summed E-state index contributed by atoms with van der Waals surface area (Å²) in [4.78, 5) is 15.5. The second-order valence-corrected chi connectivity index (χ2v) is 4.37. The van der Waals surface area contributed by atoms with Crippen LogP contribution in [0.1, 0.15) is 10.4 Å². The van der Waals surface area contributed by atoms with Crippen molar-refractivity contribution in [3.8, 4) is 0 Å². The van der Waals surface area contributed by atoms with Gasteiger partial charge in [0.1, 0.15) is 0 Å². The van der Waals surface area contributed by atoms with Crippen LogP contribution in [0.15, 0.2) is 23.0 Å². The molecule has 6 heteroatoms. The lowest BCUT2D eigenvalue weighted by atomic mass is 10.3. The maximum absolute atomic E-state index is 11.5. The number of thiazole rings is 1. The van der Waals surface area contributed by atoms with Gasteiger partial charge in [-0.2, -0.15) is 0 Å². The van der Waals surface area contributed by atoms with E-state index in [4.69, 9.17) is 5.73 Å². The van der Waals surface area contributed by atoms with E-state index in [1.165, 1.54) is 22.7 Å². The first-order chi connectivity index (χ1) is 6.75. The molecule has 0 bridgehead atoms. The summed E-state index contributed by atoms with van der Waals surface area (Å²) in [5.41, 5.74) is 6.09. The van der Waals surface area contributed by atoms with Gasteiger partial charge in [-0.05, 0) is 6.07 Å². The Kier molecular flexibility index (Phi) is 2.47. The maximum Gasteiger partial charge on any atom is 0.258 e. The minimum absolute atomic E-state index is 0.173. The topological polar surface area (TPSA) is 68.0 Å². The van der Waals surface area contributed by atoms with Crippen molar-refractivity contribution in [3.05, 3.63) is 28.6 Å². The number of anilines is 2. The monoisotopic (exact) mass is 225 g/mol. The summed E-state index contributed by atoms with van der Waals surface area (Å²) in [5, 5.41) is 7.43. The molecule has 3 N–H and O–H groups in total. The fourth-order valence-electron chi connectivity index (χ4n) is 0.926. The lowest BCUT2D eigenvalue weighted by Gasteiger charge is -1.97. The number of carbonyl (C=O) groups excluding carboxylic acids is 1. The van der Waals surface area contributed by atoms with Gasteiger partial charge in [-0.15, -0.1) is 22.7 Å². The summed E-state index contributed by atoms with van der Waals surface area (Å²) >= 11 is 2.73. The van der Waals surface area contributed by atoms with Gasteiger partial charge in [0.15, 0.2) is 5.13 Å². The second kappa shape index (κ2) is 3.77. The van der Waals surface area contributed by atoms with Gasteiger partial charge in [-0.1, -0.05) is 0 Å². The highest BCUT2D eigenvalue weighted by Gasteiger charge is 2.08. The molecule has 14 heavy (non-hydrogen) atoms. The Morgan fingerprint density at radius 2 is 2.36 bits per heavy atom. The molecule has 2 aromatic rings. The first-order valence-corrected chi connectivity index (χ1v) is 5.56. The second-order valence-electron chi connectivity index (χ2n) is 2.53. The van der Waals surface area contributed by atoms with Crippen molar-refractivity contribution in [3.63, 3.8) is 0 Å².